The zero-order chi connectivity index (χ0) is 16.2. The Morgan fingerprint density at radius 2 is 2.04 bits per heavy atom. The van der Waals surface area contributed by atoms with Crippen molar-refractivity contribution in [2.24, 2.45) is 0 Å². The lowest BCUT2D eigenvalue weighted by atomic mass is 10.2. The molecule has 0 aliphatic heterocycles. The minimum atomic E-state index is -0.586. The van der Waals surface area contributed by atoms with Gasteiger partial charge >= 0.3 is 5.97 Å². The molecule has 1 heterocycles. The first-order chi connectivity index (χ1) is 11.1. The van der Waals surface area contributed by atoms with Gasteiger partial charge in [-0.15, -0.1) is 11.3 Å². The number of benzene rings is 2. The van der Waals surface area contributed by atoms with E-state index in [1.807, 2.05) is 18.2 Å². The number of halogens is 2. The molecule has 3 aromatic rings. The molecule has 0 aliphatic carbocycles. The van der Waals surface area contributed by atoms with Crippen LogP contribution in [0.5, 0.6) is 0 Å². The summed E-state index contributed by atoms with van der Waals surface area (Å²) in [6.45, 7) is 0.0241. The number of aromatic nitrogens is 1. The molecule has 0 fully saturated rings. The van der Waals surface area contributed by atoms with Crippen LogP contribution < -0.4 is 0 Å². The minimum absolute atomic E-state index is 0.0241. The van der Waals surface area contributed by atoms with Crippen molar-refractivity contribution in [2.45, 2.75) is 6.61 Å². The standard InChI is InChI=1S/C17H11ClFNO2S/c18-15-7-2-1-6-14(15)16-20-13(10-23-16)9-22-17(21)11-4-3-5-12(19)8-11/h1-8,10H,9H2. The molecule has 0 amide bonds. The topological polar surface area (TPSA) is 39.2 Å². The highest BCUT2D eigenvalue weighted by molar-refractivity contribution is 7.13. The molecule has 2 aromatic carbocycles. The highest BCUT2D eigenvalue weighted by Crippen LogP contribution is 2.30. The molecule has 0 radical (unpaired) electrons. The average Bonchev–Trinajstić information content (AvgIpc) is 3.02. The Hall–Kier alpha value is -2.24. The molecule has 0 spiro atoms. The number of rotatable bonds is 4. The smallest absolute Gasteiger partial charge is 0.338 e. The zero-order valence-corrected chi connectivity index (χ0v) is 13.4. The second-order valence-electron chi connectivity index (χ2n) is 4.71. The molecule has 0 saturated carbocycles. The summed E-state index contributed by atoms with van der Waals surface area (Å²) in [5, 5.41) is 3.18. The van der Waals surface area contributed by atoms with Crippen molar-refractivity contribution in [1.29, 1.82) is 0 Å². The summed E-state index contributed by atoms with van der Waals surface area (Å²) >= 11 is 7.56. The Balaban J connectivity index is 1.68. The van der Waals surface area contributed by atoms with Crippen LogP contribution in [0.1, 0.15) is 16.1 Å². The number of thiazole rings is 1. The van der Waals surface area contributed by atoms with Gasteiger partial charge in [-0.3, -0.25) is 0 Å². The van der Waals surface area contributed by atoms with Gasteiger partial charge in [0.1, 0.15) is 17.4 Å². The molecule has 0 bridgehead atoms. The SMILES string of the molecule is O=C(OCc1csc(-c2ccccc2Cl)n1)c1cccc(F)c1. The summed E-state index contributed by atoms with van der Waals surface area (Å²) in [5.74, 6) is -1.06. The Morgan fingerprint density at radius 1 is 1.22 bits per heavy atom. The van der Waals surface area contributed by atoms with Gasteiger partial charge in [-0.1, -0.05) is 35.9 Å². The quantitative estimate of drug-likeness (QED) is 0.626. The molecule has 1 aromatic heterocycles. The van der Waals surface area contributed by atoms with Crippen molar-refractivity contribution in [1.82, 2.24) is 4.98 Å². The molecule has 3 nitrogen and oxygen atoms in total. The summed E-state index contributed by atoms with van der Waals surface area (Å²) in [5.41, 5.74) is 1.63. The molecule has 23 heavy (non-hydrogen) atoms. The maximum absolute atomic E-state index is 13.1. The number of carbonyl (C=O) groups is 1. The predicted molar refractivity (Wildman–Crippen MR) is 88.1 cm³/mol. The molecule has 0 unspecified atom stereocenters. The minimum Gasteiger partial charge on any atom is -0.456 e. The summed E-state index contributed by atoms with van der Waals surface area (Å²) < 4.78 is 18.2. The van der Waals surface area contributed by atoms with E-state index in [1.54, 1.807) is 11.4 Å². The molecule has 0 saturated heterocycles. The van der Waals surface area contributed by atoms with Crippen LogP contribution in [0.4, 0.5) is 4.39 Å². The summed E-state index contributed by atoms with van der Waals surface area (Å²) in [4.78, 5) is 16.3. The van der Waals surface area contributed by atoms with Gasteiger partial charge in [0.25, 0.3) is 0 Å². The Bertz CT molecular complexity index is 850. The van der Waals surface area contributed by atoms with Crippen LogP contribution in [0.15, 0.2) is 53.9 Å². The predicted octanol–water partition coefficient (Wildman–Crippen LogP) is 4.96. The molecule has 0 N–H and O–H groups in total. The van der Waals surface area contributed by atoms with Crippen molar-refractivity contribution in [3.05, 3.63) is 76.0 Å². The number of ether oxygens (including phenoxy) is 1. The van der Waals surface area contributed by atoms with Crippen LogP contribution in [-0.4, -0.2) is 11.0 Å². The van der Waals surface area contributed by atoms with E-state index >= 15 is 0 Å². The van der Waals surface area contributed by atoms with E-state index in [-0.39, 0.29) is 12.2 Å². The Morgan fingerprint density at radius 3 is 2.83 bits per heavy atom. The molecule has 0 aliphatic rings. The van der Waals surface area contributed by atoms with Gasteiger partial charge in [0.15, 0.2) is 0 Å². The van der Waals surface area contributed by atoms with Crippen LogP contribution in [0.3, 0.4) is 0 Å². The molecule has 6 heteroatoms. The van der Waals surface area contributed by atoms with Crippen molar-refractivity contribution in [3.63, 3.8) is 0 Å². The van der Waals surface area contributed by atoms with Gasteiger partial charge in [0.2, 0.25) is 0 Å². The van der Waals surface area contributed by atoms with E-state index in [0.29, 0.717) is 10.7 Å². The second kappa shape index (κ2) is 6.89. The van der Waals surface area contributed by atoms with Crippen molar-refractivity contribution < 1.29 is 13.9 Å². The number of esters is 1. The van der Waals surface area contributed by atoms with E-state index < -0.39 is 11.8 Å². The van der Waals surface area contributed by atoms with Crippen LogP contribution >= 0.6 is 22.9 Å². The Labute approximate surface area is 141 Å². The third-order valence-electron chi connectivity index (χ3n) is 3.07. The number of hydrogen-bond donors (Lipinski definition) is 0. The molecular formula is C17H11ClFNO2S. The summed E-state index contributed by atoms with van der Waals surface area (Å²) in [6.07, 6.45) is 0. The third kappa shape index (κ3) is 3.75. The molecule has 0 atom stereocenters. The third-order valence-corrected chi connectivity index (χ3v) is 4.32. The lowest BCUT2D eigenvalue weighted by Crippen LogP contribution is -2.05. The number of hydrogen-bond acceptors (Lipinski definition) is 4. The lowest BCUT2D eigenvalue weighted by Gasteiger charge is -2.03. The van der Waals surface area contributed by atoms with E-state index in [4.69, 9.17) is 16.3 Å². The van der Waals surface area contributed by atoms with Gasteiger partial charge in [0.05, 0.1) is 16.3 Å². The summed E-state index contributed by atoms with van der Waals surface area (Å²) in [6, 6.07) is 12.8. The van der Waals surface area contributed by atoms with Crippen LogP contribution in [-0.2, 0) is 11.3 Å². The van der Waals surface area contributed by atoms with Crippen LogP contribution in [0.2, 0.25) is 5.02 Å². The van der Waals surface area contributed by atoms with E-state index in [0.717, 1.165) is 16.6 Å². The Kier molecular flexibility index (Phi) is 4.69. The highest BCUT2D eigenvalue weighted by atomic mass is 35.5. The normalized spacial score (nSPS) is 10.5. The van der Waals surface area contributed by atoms with E-state index in [9.17, 15) is 9.18 Å². The van der Waals surface area contributed by atoms with Crippen LogP contribution in [0, 0.1) is 5.82 Å². The van der Waals surface area contributed by atoms with Gasteiger partial charge in [-0.25, -0.2) is 14.2 Å². The summed E-state index contributed by atoms with van der Waals surface area (Å²) in [7, 11) is 0. The first-order valence-corrected chi connectivity index (χ1v) is 8.01. The van der Waals surface area contributed by atoms with Gasteiger partial charge < -0.3 is 4.74 Å². The second-order valence-corrected chi connectivity index (χ2v) is 5.98. The lowest BCUT2D eigenvalue weighted by molar-refractivity contribution is 0.0468. The maximum Gasteiger partial charge on any atom is 0.338 e. The first kappa shape index (κ1) is 15.6. The fourth-order valence-corrected chi connectivity index (χ4v) is 3.09. The zero-order valence-electron chi connectivity index (χ0n) is 11.8. The monoisotopic (exact) mass is 347 g/mol. The number of carbonyl (C=O) groups excluding carboxylic acids is 1. The van der Waals surface area contributed by atoms with E-state index in [2.05, 4.69) is 4.98 Å². The van der Waals surface area contributed by atoms with E-state index in [1.165, 1.54) is 29.5 Å². The van der Waals surface area contributed by atoms with Crippen LogP contribution in [0.25, 0.3) is 10.6 Å². The highest BCUT2D eigenvalue weighted by Gasteiger charge is 2.11. The van der Waals surface area contributed by atoms with Gasteiger partial charge in [-0.05, 0) is 24.3 Å². The molecule has 116 valence electrons. The first-order valence-electron chi connectivity index (χ1n) is 6.75. The fourth-order valence-electron chi connectivity index (χ4n) is 1.97. The maximum atomic E-state index is 13.1. The molecular weight excluding hydrogens is 337 g/mol. The fraction of sp³-hybridized carbons (Fsp3) is 0.0588. The average molecular weight is 348 g/mol. The van der Waals surface area contributed by atoms with Gasteiger partial charge in [0, 0.05) is 10.9 Å². The molecule has 3 rings (SSSR count). The van der Waals surface area contributed by atoms with Crippen molar-refractivity contribution in [3.8, 4) is 10.6 Å². The largest absolute Gasteiger partial charge is 0.456 e. The van der Waals surface area contributed by atoms with Crippen molar-refractivity contribution >= 4 is 28.9 Å². The van der Waals surface area contributed by atoms with Crippen molar-refractivity contribution in [2.75, 3.05) is 0 Å². The van der Waals surface area contributed by atoms with Gasteiger partial charge in [-0.2, -0.15) is 0 Å². The number of nitrogens with zero attached hydrogens (tertiary/aromatic N) is 1.